The molecule has 3 heterocycles. The summed E-state index contributed by atoms with van der Waals surface area (Å²) in [5, 5.41) is 6.59. The van der Waals surface area contributed by atoms with Crippen molar-refractivity contribution in [3.05, 3.63) is 35.9 Å². The Morgan fingerprint density at radius 3 is 2.54 bits per heavy atom. The summed E-state index contributed by atoms with van der Waals surface area (Å²) in [6, 6.07) is 9.32. The third kappa shape index (κ3) is 2.80. The summed E-state index contributed by atoms with van der Waals surface area (Å²) in [5.74, 6) is 0.880. The van der Waals surface area contributed by atoms with E-state index in [9.17, 15) is 9.59 Å². The van der Waals surface area contributed by atoms with Crippen LogP contribution in [0.15, 0.2) is 40.4 Å². The molecule has 0 radical (unpaired) electrons. The van der Waals surface area contributed by atoms with Crippen molar-refractivity contribution < 1.29 is 14.2 Å². The number of guanidine groups is 1. The van der Waals surface area contributed by atoms with Crippen molar-refractivity contribution in [2.45, 2.75) is 38.8 Å². The Morgan fingerprint density at radius 1 is 1.11 bits per heavy atom. The number of hydrogen-bond donors (Lipinski definition) is 0. The van der Waals surface area contributed by atoms with E-state index in [1.165, 1.54) is 22.4 Å². The van der Waals surface area contributed by atoms with Crippen molar-refractivity contribution in [2.75, 3.05) is 20.6 Å². The van der Waals surface area contributed by atoms with E-state index in [4.69, 9.17) is 5.10 Å². The van der Waals surface area contributed by atoms with E-state index in [-0.39, 0.29) is 18.0 Å². The van der Waals surface area contributed by atoms with Gasteiger partial charge in [0.2, 0.25) is 11.9 Å². The van der Waals surface area contributed by atoms with E-state index in [2.05, 4.69) is 17.1 Å². The minimum absolute atomic E-state index is 0.0643. The van der Waals surface area contributed by atoms with Crippen LogP contribution in [0.4, 0.5) is 4.79 Å². The Bertz CT molecular complexity index is 920. The Balaban J connectivity index is 1.61. The Morgan fingerprint density at radius 2 is 1.82 bits per heavy atom. The van der Waals surface area contributed by atoms with Crippen LogP contribution in [-0.2, 0) is 11.2 Å². The van der Waals surface area contributed by atoms with E-state index in [1.807, 2.05) is 41.6 Å². The highest BCUT2D eigenvalue weighted by Gasteiger charge is 2.55. The molecule has 1 saturated heterocycles. The summed E-state index contributed by atoms with van der Waals surface area (Å²) < 4.78 is 1.99. The van der Waals surface area contributed by atoms with Gasteiger partial charge < -0.3 is 0 Å². The van der Waals surface area contributed by atoms with Crippen molar-refractivity contribution in [1.82, 2.24) is 14.8 Å². The lowest BCUT2D eigenvalue weighted by Gasteiger charge is -2.33. The third-order valence-electron chi connectivity index (χ3n) is 5.66. The first-order valence-corrected chi connectivity index (χ1v) is 9.56. The molecule has 3 aliphatic heterocycles. The SMILES string of the molecule is CC1=NN(CCCc2ccccc2)C2=[N+](C1C)C1C(=O)N(C)C(=O)N(C)C1=N2. The quantitative estimate of drug-likeness (QED) is 0.740. The molecule has 0 saturated carbocycles. The first kappa shape index (κ1) is 18.3. The fourth-order valence-electron chi connectivity index (χ4n) is 3.89. The number of imide groups is 1. The zero-order valence-corrected chi connectivity index (χ0v) is 16.7. The molecule has 3 aliphatic rings. The van der Waals surface area contributed by atoms with Gasteiger partial charge in [-0.1, -0.05) is 35.3 Å². The maximum Gasteiger partial charge on any atom is 0.416 e. The summed E-state index contributed by atoms with van der Waals surface area (Å²) in [5.41, 5.74) is 2.21. The summed E-state index contributed by atoms with van der Waals surface area (Å²) in [7, 11) is 3.18. The highest BCUT2D eigenvalue weighted by molar-refractivity contribution is 6.23. The fraction of sp³-hybridized carbons (Fsp3) is 0.450. The molecule has 0 aromatic heterocycles. The molecule has 2 unspecified atom stereocenters. The number of likely N-dealkylation sites (N-methyl/N-ethyl adjacent to an activating group) is 2. The average Bonchev–Trinajstić information content (AvgIpc) is 3.10. The molecule has 1 aromatic carbocycles. The number of carbonyl (C=O) groups is 2. The molecular weight excluding hydrogens is 356 g/mol. The molecule has 0 aliphatic carbocycles. The number of urea groups is 1. The van der Waals surface area contributed by atoms with E-state index < -0.39 is 6.04 Å². The van der Waals surface area contributed by atoms with E-state index in [0.29, 0.717) is 18.3 Å². The largest absolute Gasteiger partial charge is 0.416 e. The van der Waals surface area contributed by atoms with Gasteiger partial charge in [-0.25, -0.2) is 9.37 Å². The van der Waals surface area contributed by atoms with Gasteiger partial charge in [-0.05, 0) is 32.3 Å². The number of fused-ring (bicyclic) bond motifs is 2. The van der Waals surface area contributed by atoms with Gasteiger partial charge in [-0.15, -0.1) is 10.1 Å². The lowest BCUT2D eigenvalue weighted by Crippen LogP contribution is -2.63. The number of hydrogen-bond acceptors (Lipinski definition) is 5. The molecule has 0 N–H and O–H groups in total. The zero-order chi connectivity index (χ0) is 20.0. The Kier molecular flexibility index (Phi) is 4.49. The van der Waals surface area contributed by atoms with Crippen LogP contribution in [0.25, 0.3) is 0 Å². The monoisotopic (exact) mass is 381 g/mol. The number of carbonyl (C=O) groups excluding carboxylic acids is 2. The van der Waals surface area contributed by atoms with Gasteiger partial charge in [-0.2, -0.15) is 0 Å². The average molecular weight is 381 g/mol. The molecule has 28 heavy (non-hydrogen) atoms. The second kappa shape index (κ2) is 6.85. The fourth-order valence-corrected chi connectivity index (χ4v) is 3.89. The van der Waals surface area contributed by atoms with Crippen LogP contribution in [0.5, 0.6) is 0 Å². The number of nitrogens with zero attached hydrogens (tertiary/aromatic N) is 6. The number of aryl methyl sites for hydroxylation is 1. The van der Waals surface area contributed by atoms with Gasteiger partial charge in [0, 0.05) is 14.1 Å². The first-order chi connectivity index (χ1) is 13.4. The van der Waals surface area contributed by atoms with Crippen LogP contribution in [-0.4, -0.2) is 81.6 Å². The second-order valence-electron chi connectivity index (χ2n) is 7.45. The highest BCUT2D eigenvalue weighted by atomic mass is 16.2. The standard InChI is InChI=1S/C20H25N6O2/c1-13-14(2)26-16-17(23(3)20(28)24(4)18(16)27)21-19(26)25(22-13)12-8-11-15-9-6-5-7-10-15/h5-7,9-10,14,16H,8,11-12H2,1-4H3/q+1. The van der Waals surface area contributed by atoms with Gasteiger partial charge in [0.25, 0.3) is 5.91 Å². The lowest BCUT2D eigenvalue weighted by atomic mass is 10.1. The van der Waals surface area contributed by atoms with Gasteiger partial charge in [0.15, 0.2) is 0 Å². The van der Waals surface area contributed by atoms with Gasteiger partial charge in [0.05, 0.1) is 12.3 Å². The number of amidine groups is 1. The molecule has 8 nitrogen and oxygen atoms in total. The number of aliphatic imine (C=N–C) groups is 1. The minimum Gasteiger partial charge on any atom is -0.270 e. The molecule has 1 aromatic rings. The first-order valence-electron chi connectivity index (χ1n) is 9.56. The number of rotatable bonds is 4. The molecule has 2 atom stereocenters. The van der Waals surface area contributed by atoms with Gasteiger partial charge >= 0.3 is 12.0 Å². The molecule has 4 rings (SSSR count). The summed E-state index contributed by atoms with van der Waals surface area (Å²) in [4.78, 5) is 32.5. The molecule has 0 bridgehead atoms. The Hall–Kier alpha value is -3.03. The maximum absolute atomic E-state index is 12.9. The molecule has 3 amide bonds. The minimum atomic E-state index is -0.584. The van der Waals surface area contributed by atoms with Crippen LogP contribution in [0.1, 0.15) is 25.8 Å². The van der Waals surface area contributed by atoms with Gasteiger partial charge in [-0.3, -0.25) is 14.6 Å². The molecule has 146 valence electrons. The molecular formula is C20H25N6O2+. The van der Waals surface area contributed by atoms with Crippen molar-refractivity contribution in [1.29, 1.82) is 0 Å². The van der Waals surface area contributed by atoms with Crippen LogP contribution < -0.4 is 0 Å². The second-order valence-corrected chi connectivity index (χ2v) is 7.45. The lowest BCUT2D eigenvalue weighted by molar-refractivity contribution is -0.559. The number of amides is 3. The molecule has 8 heteroatoms. The number of hydrazone groups is 1. The van der Waals surface area contributed by atoms with Crippen LogP contribution >= 0.6 is 0 Å². The molecule has 1 fully saturated rings. The van der Waals surface area contributed by atoms with Crippen molar-refractivity contribution in [2.24, 2.45) is 10.1 Å². The molecule has 0 spiro atoms. The highest BCUT2D eigenvalue weighted by Crippen LogP contribution is 2.24. The predicted octanol–water partition coefficient (Wildman–Crippen LogP) is 1.37. The van der Waals surface area contributed by atoms with Crippen molar-refractivity contribution >= 4 is 29.4 Å². The van der Waals surface area contributed by atoms with Crippen LogP contribution in [0, 0.1) is 0 Å². The normalized spacial score (nSPS) is 24.4. The topological polar surface area (TPSA) is 71.6 Å². The van der Waals surface area contributed by atoms with Crippen LogP contribution in [0.2, 0.25) is 0 Å². The third-order valence-corrected chi connectivity index (χ3v) is 5.66. The summed E-state index contributed by atoms with van der Waals surface area (Å²) in [6.45, 7) is 4.67. The van der Waals surface area contributed by atoms with E-state index in [0.717, 1.165) is 18.6 Å². The summed E-state index contributed by atoms with van der Waals surface area (Å²) >= 11 is 0. The van der Waals surface area contributed by atoms with Crippen molar-refractivity contribution in [3.8, 4) is 0 Å². The van der Waals surface area contributed by atoms with E-state index in [1.54, 1.807) is 7.05 Å². The summed E-state index contributed by atoms with van der Waals surface area (Å²) in [6.07, 6.45) is 1.85. The Labute approximate surface area is 164 Å². The van der Waals surface area contributed by atoms with Crippen LogP contribution in [0.3, 0.4) is 0 Å². The smallest absolute Gasteiger partial charge is 0.270 e. The predicted molar refractivity (Wildman–Crippen MR) is 106 cm³/mol. The maximum atomic E-state index is 12.9. The zero-order valence-electron chi connectivity index (χ0n) is 16.7. The van der Waals surface area contributed by atoms with Crippen molar-refractivity contribution in [3.63, 3.8) is 0 Å². The van der Waals surface area contributed by atoms with Gasteiger partial charge in [0.1, 0.15) is 6.04 Å². The number of benzene rings is 1. The van der Waals surface area contributed by atoms with E-state index >= 15 is 0 Å².